The van der Waals surface area contributed by atoms with Gasteiger partial charge in [-0.1, -0.05) is 18.2 Å². The first kappa shape index (κ1) is 17.7. The Bertz CT molecular complexity index is 700. The van der Waals surface area contributed by atoms with E-state index in [-0.39, 0.29) is 17.6 Å². The van der Waals surface area contributed by atoms with Crippen LogP contribution in [0, 0.1) is 5.82 Å². The van der Waals surface area contributed by atoms with Crippen molar-refractivity contribution < 1.29 is 13.9 Å². The highest BCUT2D eigenvalue weighted by Crippen LogP contribution is 2.33. The lowest BCUT2D eigenvalue weighted by molar-refractivity contribution is 0.240. The molecule has 0 radical (unpaired) electrons. The van der Waals surface area contributed by atoms with Crippen LogP contribution in [0.25, 0.3) is 0 Å². The number of methoxy groups -OCH3 is 2. The third-order valence-corrected chi connectivity index (χ3v) is 4.64. The number of halogens is 1. The van der Waals surface area contributed by atoms with Crippen molar-refractivity contribution in [2.45, 2.75) is 12.5 Å². The molecule has 0 bridgehead atoms. The predicted molar refractivity (Wildman–Crippen MR) is 96.8 cm³/mol. The molecule has 1 heterocycles. The van der Waals surface area contributed by atoms with E-state index in [0.29, 0.717) is 0 Å². The molecule has 1 aliphatic heterocycles. The van der Waals surface area contributed by atoms with Crippen molar-refractivity contribution in [1.82, 2.24) is 10.2 Å². The number of hydrogen-bond donors (Lipinski definition) is 1. The molecule has 1 N–H and O–H groups in total. The van der Waals surface area contributed by atoms with Crippen LogP contribution in [0.15, 0.2) is 42.5 Å². The molecule has 1 fully saturated rings. The Balaban J connectivity index is 2.02. The molecule has 0 aliphatic carbocycles. The molecule has 5 heteroatoms. The van der Waals surface area contributed by atoms with Crippen molar-refractivity contribution in [2.24, 2.45) is 0 Å². The molecule has 25 heavy (non-hydrogen) atoms. The molecule has 2 aromatic carbocycles. The molecule has 2 aromatic rings. The second kappa shape index (κ2) is 8.32. The first-order chi connectivity index (χ1) is 12.2. The van der Waals surface area contributed by atoms with Gasteiger partial charge in [-0.2, -0.15) is 0 Å². The zero-order chi connectivity index (χ0) is 17.6. The number of rotatable bonds is 5. The molecule has 0 saturated carbocycles. The molecular weight excluding hydrogens is 319 g/mol. The van der Waals surface area contributed by atoms with Crippen molar-refractivity contribution in [3.63, 3.8) is 0 Å². The highest BCUT2D eigenvalue weighted by molar-refractivity contribution is 5.39. The summed E-state index contributed by atoms with van der Waals surface area (Å²) in [4.78, 5) is 2.40. The third-order valence-electron chi connectivity index (χ3n) is 4.64. The van der Waals surface area contributed by atoms with E-state index >= 15 is 0 Å². The highest BCUT2D eigenvalue weighted by Gasteiger charge is 2.24. The molecule has 0 amide bonds. The van der Waals surface area contributed by atoms with E-state index < -0.39 is 0 Å². The molecule has 1 atom stereocenters. The fraction of sp³-hybridized carbons (Fsp3) is 0.400. The Labute approximate surface area is 148 Å². The van der Waals surface area contributed by atoms with Gasteiger partial charge in [-0.05, 0) is 48.4 Å². The first-order valence-electron chi connectivity index (χ1n) is 8.65. The maximum Gasteiger partial charge on any atom is 0.165 e. The van der Waals surface area contributed by atoms with Crippen molar-refractivity contribution in [2.75, 3.05) is 40.4 Å². The lowest BCUT2D eigenvalue weighted by atomic mass is 9.96. The molecule has 134 valence electrons. The second-order valence-electron chi connectivity index (χ2n) is 6.21. The SMILES string of the molecule is COc1cccc(C(c2ccc(OC)c(F)c2)N2CCCNCC2)c1. The molecule has 0 spiro atoms. The molecule has 4 nitrogen and oxygen atoms in total. The van der Waals surface area contributed by atoms with Gasteiger partial charge in [-0.3, -0.25) is 4.90 Å². The average molecular weight is 344 g/mol. The summed E-state index contributed by atoms with van der Waals surface area (Å²) in [7, 11) is 3.15. The number of benzene rings is 2. The van der Waals surface area contributed by atoms with E-state index in [1.807, 2.05) is 24.3 Å². The average Bonchev–Trinajstić information content (AvgIpc) is 2.92. The summed E-state index contributed by atoms with van der Waals surface area (Å²) >= 11 is 0. The van der Waals surface area contributed by atoms with Gasteiger partial charge in [0.25, 0.3) is 0 Å². The Hall–Kier alpha value is -2.11. The van der Waals surface area contributed by atoms with E-state index in [9.17, 15) is 4.39 Å². The van der Waals surface area contributed by atoms with Gasteiger partial charge in [0.1, 0.15) is 5.75 Å². The van der Waals surface area contributed by atoms with Gasteiger partial charge in [0.15, 0.2) is 11.6 Å². The molecule has 3 rings (SSSR count). The van der Waals surface area contributed by atoms with Crippen molar-refractivity contribution in [3.05, 3.63) is 59.4 Å². The minimum absolute atomic E-state index is 0.0181. The van der Waals surface area contributed by atoms with Gasteiger partial charge in [0, 0.05) is 19.6 Å². The van der Waals surface area contributed by atoms with Crippen molar-refractivity contribution >= 4 is 0 Å². The minimum atomic E-state index is -0.333. The van der Waals surface area contributed by atoms with Crippen LogP contribution in [-0.2, 0) is 0 Å². The van der Waals surface area contributed by atoms with E-state index in [1.165, 1.54) is 7.11 Å². The molecule has 0 aromatic heterocycles. The minimum Gasteiger partial charge on any atom is -0.497 e. The second-order valence-corrected chi connectivity index (χ2v) is 6.21. The Morgan fingerprint density at radius 1 is 1.00 bits per heavy atom. The lowest BCUT2D eigenvalue weighted by Gasteiger charge is -2.31. The van der Waals surface area contributed by atoms with Crippen LogP contribution in [0.3, 0.4) is 0 Å². The molecule has 1 saturated heterocycles. The van der Waals surface area contributed by atoms with Gasteiger partial charge >= 0.3 is 0 Å². The summed E-state index contributed by atoms with van der Waals surface area (Å²) < 4.78 is 24.8. The van der Waals surface area contributed by atoms with Crippen molar-refractivity contribution in [1.29, 1.82) is 0 Å². The number of nitrogens with one attached hydrogen (secondary N) is 1. The van der Waals surface area contributed by atoms with Gasteiger partial charge in [0.05, 0.1) is 20.3 Å². The quantitative estimate of drug-likeness (QED) is 0.903. The van der Waals surface area contributed by atoms with Gasteiger partial charge in [-0.25, -0.2) is 4.39 Å². The summed E-state index contributed by atoms with van der Waals surface area (Å²) in [5, 5.41) is 3.43. The summed E-state index contributed by atoms with van der Waals surface area (Å²) in [6.07, 6.45) is 1.07. The van der Waals surface area contributed by atoms with Crippen LogP contribution in [-0.4, -0.2) is 45.3 Å². The maximum absolute atomic E-state index is 14.3. The van der Waals surface area contributed by atoms with E-state index in [4.69, 9.17) is 9.47 Å². The van der Waals surface area contributed by atoms with Gasteiger partial charge in [0.2, 0.25) is 0 Å². The van der Waals surface area contributed by atoms with E-state index in [2.05, 4.69) is 16.3 Å². The highest BCUT2D eigenvalue weighted by atomic mass is 19.1. The topological polar surface area (TPSA) is 33.7 Å². The molecule has 1 aliphatic rings. The Morgan fingerprint density at radius 2 is 1.84 bits per heavy atom. The predicted octanol–water partition coefficient (Wildman–Crippen LogP) is 3.23. The zero-order valence-electron chi connectivity index (χ0n) is 14.8. The van der Waals surface area contributed by atoms with Crippen LogP contribution in [0.1, 0.15) is 23.6 Å². The monoisotopic (exact) mass is 344 g/mol. The van der Waals surface area contributed by atoms with Crippen LogP contribution >= 0.6 is 0 Å². The van der Waals surface area contributed by atoms with Crippen LogP contribution < -0.4 is 14.8 Å². The van der Waals surface area contributed by atoms with Crippen molar-refractivity contribution in [3.8, 4) is 11.5 Å². The van der Waals surface area contributed by atoms with Crippen LogP contribution in [0.4, 0.5) is 4.39 Å². The maximum atomic E-state index is 14.3. The summed E-state index contributed by atoms with van der Waals surface area (Å²) in [6.45, 7) is 3.81. The third kappa shape index (κ3) is 4.11. The van der Waals surface area contributed by atoms with Crippen LogP contribution in [0.2, 0.25) is 0 Å². The lowest BCUT2D eigenvalue weighted by Crippen LogP contribution is -2.33. The molecule has 1 unspecified atom stereocenters. The Morgan fingerprint density at radius 3 is 2.60 bits per heavy atom. The van der Waals surface area contributed by atoms with Crippen LogP contribution in [0.5, 0.6) is 11.5 Å². The number of hydrogen-bond acceptors (Lipinski definition) is 4. The number of ether oxygens (including phenoxy) is 2. The van der Waals surface area contributed by atoms with E-state index in [0.717, 1.165) is 49.5 Å². The zero-order valence-corrected chi connectivity index (χ0v) is 14.8. The fourth-order valence-electron chi connectivity index (χ4n) is 3.40. The smallest absolute Gasteiger partial charge is 0.165 e. The van der Waals surface area contributed by atoms with Gasteiger partial charge in [-0.15, -0.1) is 0 Å². The normalized spacial score (nSPS) is 16.9. The summed E-state index contributed by atoms with van der Waals surface area (Å²) in [5.74, 6) is 0.746. The summed E-state index contributed by atoms with van der Waals surface area (Å²) in [6, 6.07) is 13.2. The van der Waals surface area contributed by atoms with E-state index in [1.54, 1.807) is 19.2 Å². The first-order valence-corrected chi connectivity index (χ1v) is 8.65. The largest absolute Gasteiger partial charge is 0.497 e. The molecular formula is C20H25FN2O2. The Kier molecular flexibility index (Phi) is 5.89. The number of nitrogens with zero attached hydrogens (tertiary/aromatic N) is 1. The standard InChI is InChI=1S/C20H25FN2O2/c1-24-17-6-3-5-15(13-17)20(23-11-4-9-22-10-12-23)16-7-8-19(25-2)18(21)14-16/h3,5-8,13-14,20,22H,4,9-12H2,1-2H3. The van der Waals surface area contributed by atoms with Gasteiger partial charge < -0.3 is 14.8 Å². The summed E-state index contributed by atoms with van der Waals surface area (Å²) in [5.41, 5.74) is 2.03. The fourth-order valence-corrected chi connectivity index (χ4v) is 3.40.